The number of carbonyl (C=O) groups excluding carboxylic acids is 1. The highest BCUT2D eigenvalue weighted by atomic mass is 16.3. The Morgan fingerprint density at radius 3 is 2.81 bits per heavy atom. The van der Waals surface area contributed by atoms with Gasteiger partial charge < -0.3 is 20.1 Å². The molecule has 110 valence electrons. The van der Waals surface area contributed by atoms with Crippen LogP contribution >= 0.6 is 0 Å². The zero-order chi connectivity index (χ0) is 14.6. The average molecular weight is 286 g/mol. The second-order valence-corrected chi connectivity index (χ2v) is 5.96. The number of nitrogens with zero attached hydrogens (tertiary/aromatic N) is 3. The van der Waals surface area contributed by atoms with Gasteiger partial charge in [0.2, 0.25) is 5.91 Å². The zero-order valence-corrected chi connectivity index (χ0v) is 11.7. The first kappa shape index (κ1) is 12.8. The quantitative estimate of drug-likeness (QED) is 0.873. The Kier molecular flexibility index (Phi) is 2.77. The minimum Gasteiger partial charge on any atom is -0.391 e. The van der Waals surface area contributed by atoms with E-state index in [0.29, 0.717) is 19.0 Å². The molecule has 1 amide bonds. The summed E-state index contributed by atoms with van der Waals surface area (Å²) in [5.74, 6) is 0.536. The van der Waals surface area contributed by atoms with E-state index >= 15 is 0 Å². The lowest BCUT2D eigenvalue weighted by atomic mass is 10.1. The van der Waals surface area contributed by atoms with Crippen molar-refractivity contribution in [2.45, 2.75) is 37.8 Å². The number of hydrogen-bond donors (Lipinski definition) is 2. The van der Waals surface area contributed by atoms with Crippen molar-refractivity contribution < 1.29 is 9.90 Å². The first-order valence-electron chi connectivity index (χ1n) is 7.35. The van der Waals surface area contributed by atoms with Crippen LogP contribution in [0.1, 0.15) is 36.4 Å². The molecule has 1 saturated heterocycles. The van der Waals surface area contributed by atoms with E-state index < -0.39 is 6.10 Å². The summed E-state index contributed by atoms with van der Waals surface area (Å²) < 4.78 is 1.96. The van der Waals surface area contributed by atoms with Crippen LogP contribution in [0, 0.1) is 0 Å². The highest BCUT2D eigenvalue weighted by molar-refractivity contribution is 5.99. The third kappa shape index (κ3) is 2.11. The number of aromatic nitrogens is 2. The summed E-state index contributed by atoms with van der Waals surface area (Å²) in [6.07, 6.45) is 5.98. The van der Waals surface area contributed by atoms with Crippen molar-refractivity contribution in [3.05, 3.63) is 29.7 Å². The SMILES string of the molecule is NCc1cn2cc(C3CC3)cc(N3C[C@@H](O)CC3=O)c2n1. The maximum Gasteiger partial charge on any atom is 0.229 e. The number of pyridine rings is 1. The van der Waals surface area contributed by atoms with Gasteiger partial charge in [-0.3, -0.25) is 4.79 Å². The monoisotopic (exact) mass is 286 g/mol. The molecule has 0 bridgehead atoms. The van der Waals surface area contributed by atoms with E-state index in [-0.39, 0.29) is 12.3 Å². The maximum atomic E-state index is 12.1. The van der Waals surface area contributed by atoms with E-state index in [1.54, 1.807) is 4.90 Å². The predicted octanol–water partition coefficient (Wildman–Crippen LogP) is 0.768. The number of aliphatic hydroxyl groups is 1. The third-order valence-electron chi connectivity index (χ3n) is 4.26. The van der Waals surface area contributed by atoms with Crippen LogP contribution in [-0.4, -0.2) is 33.0 Å². The Balaban J connectivity index is 1.88. The minimum absolute atomic E-state index is 0.0466. The number of aliphatic hydroxyl groups excluding tert-OH is 1. The molecule has 3 heterocycles. The zero-order valence-electron chi connectivity index (χ0n) is 11.7. The average Bonchev–Trinajstić information content (AvgIpc) is 3.14. The van der Waals surface area contributed by atoms with Crippen molar-refractivity contribution in [2.75, 3.05) is 11.4 Å². The van der Waals surface area contributed by atoms with Crippen LogP contribution in [-0.2, 0) is 11.3 Å². The number of amides is 1. The van der Waals surface area contributed by atoms with Gasteiger partial charge in [-0.25, -0.2) is 4.98 Å². The topological polar surface area (TPSA) is 83.9 Å². The Morgan fingerprint density at radius 2 is 2.19 bits per heavy atom. The lowest BCUT2D eigenvalue weighted by molar-refractivity contribution is -0.117. The third-order valence-corrected chi connectivity index (χ3v) is 4.26. The van der Waals surface area contributed by atoms with Crippen molar-refractivity contribution in [1.29, 1.82) is 0 Å². The van der Waals surface area contributed by atoms with Crippen molar-refractivity contribution in [3.63, 3.8) is 0 Å². The van der Waals surface area contributed by atoms with Gasteiger partial charge in [0.15, 0.2) is 5.65 Å². The van der Waals surface area contributed by atoms with Crippen LogP contribution < -0.4 is 10.6 Å². The predicted molar refractivity (Wildman–Crippen MR) is 78.0 cm³/mol. The number of fused-ring (bicyclic) bond motifs is 1. The van der Waals surface area contributed by atoms with Crippen LogP contribution in [0.25, 0.3) is 5.65 Å². The summed E-state index contributed by atoms with van der Waals surface area (Å²) >= 11 is 0. The second-order valence-electron chi connectivity index (χ2n) is 5.96. The van der Waals surface area contributed by atoms with Crippen LogP contribution in [0.5, 0.6) is 0 Å². The van der Waals surface area contributed by atoms with Gasteiger partial charge >= 0.3 is 0 Å². The molecule has 1 aliphatic heterocycles. The van der Waals surface area contributed by atoms with E-state index in [1.165, 1.54) is 18.4 Å². The van der Waals surface area contributed by atoms with Gasteiger partial charge in [0, 0.05) is 18.9 Å². The van der Waals surface area contributed by atoms with E-state index in [2.05, 4.69) is 17.2 Å². The Labute approximate surface area is 122 Å². The van der Waals surface area contributed by atoms with Crippen LogP contribution in [0.3, 0.4) is 0 Å². The molecule has 0 unspecified atom stereocenters. The number of nitrogens with two attached hydrogens (primary N) is 1. The van der Waals surface area contributed by atoms with E-state index in [4.69, 9.17) is 5.73 Å². The standard InChI is InChI=1S/C15H18N4O2/c16-5-11-7-18-6-10(9-1-2-9)3-13(15(18)17-11)19-8-12(20)4-14(19)21/h3,6-7,9,12,20H,1-2,4-5,8,16H2/t12-/m0/s1. The molecular formula is C15H18N4O2. The summed E-state index contributed by atoms with van der Waals surface area (Å²) in [4.78, 5) is 18.3. The van der Waals surface area contributed by atoms with Crippen LogP contribution in [0.4, 0.5) is 5.69 Å². The lowest BCUT2D eigenvalue weighted by Gasteiger charge is -2.18. The number of carbonyl (C=O) groups is 1. The molecule has 4 rings (SSSR count). The van der Waals surface area contributed by atoms with Gasteiger partial charge in [-0.2, -0.15) is 0 Å². The second kappa shape index (κ2) is 4.54. The highest BCUT2D eigenvalue weighted by Crippen LogP contribution is 2.42. The molecule has 6 heteroatoms. The minimum atomic E-state index is -0.592. The van der Waals surface area contributed by atoms with Gasteiger partial charge in [-0.15, -0.1) is 0 Å². The summed E-state index contributed by atoms with van der Waals surface area (Å²) in [6.45, 7) is 0.712. The molecule has 2 fully saturated rings. The Hall–Kier alpha value is -1.92. The Morgan fingerprint density at radius 1 is 1.38 bits per heavy atom. The number of hydrogen-bond acceptors (Lipinski definition) is 4. The van der Waals surface area contributed by atoms with E-state index in [0.717, 1.165) is 17.0 Å². The summed E-state index contributed by atoms with van der Waals surface area (Å²) in [5.41, 5.74) is 9.24. The van der Waals surface area contributed by atoms with Gasteiger partial charge in [0.1, 0.15) is 0 Å². The van der Waals surface area contributed by atoms with E-state index in [1.807, 2.05) is 10.6 Å². The molecule has 3 N–H and O–H groups in total. The molecule has 1 atom stereocenters. The number of β-amino-alcohol motifs (C(OH)–C–C–N with tert-alkyl or cyclic N) is 1. The van der Waals surface area contributed by atoms with Crippen LogP contribution in [0.15, 0.2) is 18.5 Å². The molecule has 0 spiro atoms. The largest absolute Gasteiger partial charge is 0.391 e. The maximum absolute atomic E-state index is 12.1. The fourth-order valence-corrected chi connectivity index (χ4v) is 3.01. The Bertz CT molecular complexity index is 720. The molecule has 1 saturated carbocycles. The van der Waals surface area contributed by atoms with Gasteiger partial charge in [-0.05, 0) is 30.4 Å². The summed E-state index contributed by atoms with van der Waals surface area (Å²) in [7, 11) is 0. The van der Waals surface area contributed by atoms with Gasteiger partial charge in [0.05, 0.1) is 30.5 Å². The molecule has 0 radical (unpaired) electrons. The molecule has 2 aliphatic rings. The molecule has 21 heavy (non-hydrogen) atoms. The highest BCUT2D eigenvalue weighted by Gasteiger charge is 2.32. The number of anilines is 1. The fraction of sp³-hybridized carbons (Fsp3) is 0.467. The first-order valence-corrected chi connectivity index (χ1v) is 7.35. The van der Waals surface area contributed by atoms with Crippen LogP contribution in [0.2, 0.25) is 0 Å². The number of rotatable bonds is 3. The molecule has 2 aromatic heterocycles. The van der Waals surface area contributed by atoms with Gasteiger partial charge in [-0.1, -0.05) is 0 Å². The normalized spacial score (nSPS) is 22.5. The molecule has 0 aromatic carbocycles. The van der Waals surface area contributed by atoms with Gasteiger partial charge in [0.25, 0.3) is 0 Å². The summed E-state index contributed by atoms with van der Waals surface area (Å²) in [5, 5.41) is 9.74. The van der Waals surface area contributed by atoms with Crippen molar-refractivity contribution in [1.82, 2.24) is 9.38 Å². The van der Waals surface area contributed by atoms with Crippen molar-refractivity contribution in [3.8, 4) is 0 Å². The number of imidazole rings is 1. The lowest BCUT2D eigenvalue weighted by Crippen LogP contribution is -2.26. The van der Waals surface area contributed by atoms with Crippen molar-refractivity contribution >= 4 is 17.2 Å². The molecule has 1 aliphatic carbocycles. The molecule has 2 aromatic rings. The van der Waals surface area contributed by atoms with Crippen molar-refractivity contribution in [2.24, 2.45) is 5.73 Å². The fourth-order valence-electron chi connectivity index (χ4n) is 3.01. The summed E-state index contributed by atoms with van der Waals surface area (Å²) in [6, 6.07) is 2.05. The smallest absolute Gasteiger partial charge is 0.229 e. The molecular weight excluding hydrogens is 268 g/mol. The molecule has 6 nitrogen and oxygen atoms in total. The first-order chi connectivity index (χ1) is 10.2. The van der Waals surface area contributed by atoms with E-state index in [9.17, 15) is 9.90 Å².